The zero-order valence-electron chi connectivity index (χ0n) is 14.5. The topological polar surface area (TPSA) is 73.1 Å². The highest BCUT2D eigenvalue weighted by Gasteiger charge is 2.35. The molecule has 7 nitrogen and oxygen atoms in total. The van der Waals surface area contributed by atoms with Crippen molar-refractivity contribution < 1.29 is 9.53 Å². The average molecular weight is 341 g/mol. The third-order valence-electron chi connectivity index (χ3n) is 4.98. The van der Waals surface area contributed by atoms with Gasteiger partial charge >= 0.3 is 0 Å². The fraction of sp³-hybridized carbons (Fsp3) is 0.556. The van der Waals surface area contributed by atoms with Gasteiger partial charge in [-0.05, 0) is 30.9 Å². The Kier molecular flexibility index (Phi) is 4.48. The summed E-state index contributed by atoms with van der Waals surface area (Å²) >= 11 is 0. The summed E-state index contributed by atoms with van der Waals surface area (Å²) in [6.07, 6.45) is 5.37. The SMILES string of the molecule is COC[C@@H]1c2nnn(CC3CC3)c2CCN1C(=O)Cc1ccccn1. The van der Waals surface area contributed by atoms with E-state index in [1.807, 2.05) is 27.8 Å². The van der Waals surface area contributed by atoms with Crippen molar-refractivity contribution in [1.29, 1.82) is 0 Å². The van der Waals surface area contributed by atoms with Gasteiger partial charge in [-0.15, -0.1) is 5.10 Å². The van der Waals surface area contributed by atoms with Gasteiger partial charge in [0.25, 0.3) is 0 Å². The molecule has 4 rings (SSSR count). The van der Waals surface area contributed by atoms with Crippen LogP contribution in [-0.4, -0.2) is 51.0 Å². The molecule has 0 bridgehead atoms. The molecule has 2 aromatic rings. The van der Waals surface area contributed by atoms with Crippen LogP contribution in [-0.2, 0) is 28.9 Å². The van der Waals surface area contributed by atoms with E-state index in [9.17, 15) is 4.79 Å². The summed E-state index contributed by atoms with van der Waals surface area (Å²) < 4.78 is 7.42. The van der Waals surface area contributed by atoms with E-state index in [1.54, 1.807) is 13.3 Å². The van der Waals surface area contributed by atoms with Gasteiger partial charge in [0.05, 0.1) is 18.7 Å². The molecular weight excluding hydrogens is 318 g/mol. The quantitative estimate of drug-likeness (QED) is 0.794. The van der Waals surface area contributed by atoms with Gasteiger partial charge in [0, 0.05) is 38.5 Å². The molecule has 0 N–H and O–H groups in total. The van der Waals surface area contributed by atoms with Gasteiger partial charge in [0.15, 0.2) is 0 Å². The number of carbonyl (C=O) groups is 1. The molecule has 1 aliphatic carbocycles. The Balaban J connectivity index is 1.54. The first-order chi connectivity index (χ1) is 12.3. The van der Waals surface area contributed by atoms with E-state index >= 15 is 0 Å². The molecule has 1 saturated carbocycles. The summed E-state index contributed by atoms with van der Waals surface area (Å²) in [4.78, 5) is 19.0. The van der Waals surface area contributed by atoms with Gasteiger partial charge in [-0.1, -0.05) is 11.3 Å². The molecule has 0 unspecified atom stereocenters. The Labute approximate surface area is 147 Å². The minimum absolute atomic E-state index is 0.0585. The van der Waals surface area contributed by atoms with E-state index in [0.717, 1.165) is 36.0 Å². The number of methoxy groups -OCH3 is 1. The second-order valence-corrected chi connectivity index (χ2v) is 6.85. The molecule has 25 heavy (non-hydrogen) atoms. The number of ether oxygens (including phenoxy) is 1. The van der Waals surface area contributed by atoms with Crippen LogP contribution in [0.5, 0.6) is 0 Å². The second-order valence-electron chi connectivity index (χ2n) is 6.85. The van der Waals surface area contributed by atoms with E-state index in [1.165, 1.54) is 12.8 Å². The molecule has 1 aliphatic heterocycles. The minimum Gasteiger partial charge on any atom is -0.382 e. The van der Waals surface area contributed by atoms with Crippen LogP contribution in [0.4, 0.5) is 0 Å². The number of carbonyl (C=O) groups excluding carboxylic acids is 1. The van der Waals surface area contributed by atoms with Crippen molar-refractivity contribution in [2.24, 2.45) is 5.92 Å². The number of hydrogen-bond donors (Lipinski definition) is 0. The molecule has 0 radical (unpaired) electrons. The smallest absolute Gasteiger partial charge is 0.229 e. The van der Waals surface area contributed by atoms with Crippen molar-refractivity contribution in [2.75, 3.05) is 20.3 Å². The fourth-order valence-corrected chi connectivity index (χ4v) is 3.47. The van der Waals surface area contributed by atoms with Gasteiger partial charge in [-0.25, -0.2) is 4.68 Å². The lowest BCUT2D eigenvalue weighted by molar-refractivity contribution is -0.134. The standard InChI is InChI=1S/C18H23N5O2/c1-25-12-16-18-15(23(21-20-18)11-13-5-6-13)7-9-22(16)17(24)10-14-4-2-3-8-19-14/h2-4,8,13,16H,5-7,9-12H2,1H3/t16-/m1/s1. The summed E-state index contributed by atoms with van der Waals surface area (Å²) in [5, 5.41) is 8.75. The summed E-state index contributed by atoms with van der Waals surface area (Å²) in [5.74, 6) is 0.804. The molecule has 1 atom stereocenters. The van der Waals surface area contributed by atoms with Gasteiger partial charge < -0.3 is 9.64 Å². The highest BCUT2D eigenvalue weighted by atomic mass is 16.5. The Morgan fingerprint density at radius 3 is 2.96 bits per heavy atom. The summed E-state index contributed by atoms with van der Waals surface area (Å²) in [6, 6.07) is 5.47. The van der Waals surface area contributed by atoms with Crippen LogP contribution in [0.15, 0.2) is 24.4 Å². The van der Waals surface area contributed by atoms with Crippen LogP contribution < -0.4 is 0 Å². The molecule has 0 saturated heterocycles. The van der Waals surface area contributed by atoms with Crippen LogP contribution in [0.3, 0.4) is 0 Å². The van der Waals surface area contributed by atoms with E-state index in [0.29, 0.717) is 19.6 Å². The third-order valence-corrected chi connectivity index (χ3v) is 4.98. The first-order valence-electron chi connectivity index (χ1n) is 8.87. The lowest BCUT2D eigenvalue weighted by atomic mass is 10.0. The number of amides is 1. The Morgan fingerprint density at radius 2 is 2.24 bits per heavy atom. The van der Waals surface area contributed by atoms with Crippen LogP contribution in [0.25, 0.3) is 0 Å². The van der Waals surface area contributed by atoms with Gasteiger partial charge in [-0.3, -0.25) is 9.78 Å². The number of fused-ring (bicyclic) bond motifs is 1. The number of aromatic nitrogens is 4. The molecule has 1 amide bonds. The first-order valence-corrected chi connectivity index (χ1v) is 8.87. The molecule has 2 aliphatic rings. The van der Waals surface area contributed by atoms with Crippen molar-refractivity contribution >= 4 is 5.91 Å². The van der Waals surface area contributed by atoms with E-state index in [-0.39, 0.29) is 11.9 Å². The van der Waals surface area contributed by atoms with Crippen LogP contribution >= 0.6 is 0 Å². The Morgan fingerprint density at radius 1 is 1.36 bits per heavy atom. The second kappa shape index (κ2) is 6.92. The van der Waals surface area contributed by atoms with Gasteiger partial charge in [-0.2, -0.15) is 0 Å². The minimum atomic E-state index is -0.169. The normalized spacial score (nSPS) is 19.7. The fourth-order valence-electron chi connectivity index (χ4n) is 3.47. The largest absolute Gasteiger partial charge is 0.382 e. The van der Waals surface area contributed by atoms with Crippen molar-refractivity contribution in [3.05, 3.63) is 41.5 Å². The van der Waals surface area contributed by atoms with E-state index in [2.05, 4.69) is 15.3 Å². The van der Waals surface area contributed by atoms with Crippen LogP contribution in [0, 0.1) is 5.92 Å². The average Bonchev–Trinajstić information content (AvgIpc) is 3.35. The zero-order valence-corrected chi connectivity index (χ0v) is 14.5. The number of nitrogens with zero attached hydrogens (tertiary/aromatic N) is 5. The highest BCUT2D eigenvalue weighted by molar-refractivity contribution is 5.79. The van der Waals surface area contributed by atoms with E-state index < -0.39 is 0 Å². The highest BCUT2D eigenvalue weighted by Crippen LogP contribution is 2.33. The van der Waals surface area contributed by atoms with Crippen molar-refractivity contribution in [1.82, 2.24) is 24.9 Å². The molecule has 7 heteroatoms. The number of pyridine rings is 1. The number of rotatable bonds is 6. The molecule has 2 aromatic heterocycles. The molecule has 3 heterocycles. The summed E-state index contributed by atoms with van der Waals surface area (Å²) in [7, 11) is 1.66. The summed E-state index contributed by atoms with van der Waals surface area (Å²) in [5.41, 5.74) is 2.84. The maximum atomic E-state index is 12.8. The Bertz CT molecular complexity index is 741. The maximum Gasteiger partial charge on any atom is 0.229 e. The molecular formula is C18H23N5O2. The molecule has 0 spiro atoms. The maximum absolute atomic E-state index is 12.8. The monoisotopic (exact) mass is 341 g/mol. The van der Waals surface area contributed by atoms with E-state index in [4.69, 9.17) is 4.74 Å². The van der Waals surface area contributed by atoms with Gasteiger partial charge in [0.1, 0.15) is 11.7 Å². The molecule has 1 fully saturated rings. The Hall–Kier alpha value is -2.28. The summed E-state index contributed by atoms with van der Waals surface area (Å²) in [6.45, 7) is 2.05. The molecule has 0 aromatic carbocycles. The first kappa shape index (κ1) is 16.2. The van der Waals surface area contributed by atoms with Crippen molar-refractivity contribution in [3.63, 3.8) is 0 Å². The van der Waals surface area contributed by atoms with Crippen molar-refractivity contribution in [2.45, 2.75) is 38.3 Å². The zero-order chi connectivity index (χ0) is 17.2. The third kappa shape index (κ3) is 3.42. The predicted octanol–water partition coefficient (Wildman–Crippen LogP) is 1.40. The van der Waals surface area contributed by atoms with Crippen LogP contribution in [0.2, 0.25) is 0 Å². The van der Waals surface area contributed by atoms with Crippen LogP contribution in [0.1, 0.15) is 36.0 Å². The lowest BCUT2D eigenvalue weighted by Gasteiger charge is -2.34. The molecule has 132 valence electrons. The van der Waals surface area contributed by atoms with Gasteiger partial charge in [0.2, 0.25) is 5.91 Å². The van der Waals surface area contributed by atoms with Crippen molar-refractivity contribution in [3.8, 4) is 0 Å². The number of hydrogen-bond acceptors (Lipinski definition) is 5. The predicted molar refractivity (Wildman–Crippen MR) is 90.7 cm³/mol. The lowest BCUT2D eigenvalue weighted by Crippen LogP contribution is -2.43.